The van der Waals surface area contributed by atoms with Crippen molar-refractivity contribution in [2.24, 2.45) is 0 Å². The van der Waals surface area contributed by atoms with Crippen LogP contribution in [0.1, 0.15) is 78.1 Å². The zero-order chi connectivity index (χ0) is 21.0. The predicted octanol–water partition coefficient (Wildman–Crippen LogP) is 7.02. The molecule has 0 spiro atoms. The lowest BCUT2D eigenvalue weighted by molar-refractivity contribution is -0.697. The topological polar surface area (TPSA) is 7.76 Å². The van der Waals surface area contributed by atoms with Gasteiger partial charge in [-0.2, -0.15) is 0 Å². The van der Waals surface area contributed by atoms with Crippen LogP contribution < -0.4 is 9.13 Å². The standard InChI is InChI=1S/C28H40N2/c1-3-5-7-9-11-18-29-20-15-25(16-21-29)26-13-14-28-24-30(22-17-27(28)23-26)19-12-10-8-6-4-2/h13-17,20-24H,3-12,18-19H2,1-2H3/q+2. The molecule has 1 aromatic carbocycles. The Bertz CT molecular complexity index is 883. The number of benzene rings is 1. The van der Waals surface area contributed by atoms with Crippen molar-refractivity contribution in [2.75, 3.05) is 0 Å². The molecule has 30 heavy (non-hydrogen) atoms. The van der Waals surface area contributed by atoms with Gasteiger partial charge in [-0.1, -0.05) is 58.4 Å². The zero-order valence-electron chi connectivity index (χ0n) is 19.2. The second-order valence-corrected chi connectivity index (χ2v) is 8.68. The molecule has 0 N–H and O–H groups in total. The molecule has 0 bridgehead atoms. The number of hydrogen-bond acceptors (Lipinski definition) is 0. The molecule has 0 unspecified atom stereocenters. The Morgan fingerprint density at radius 3 is 1.80 bits per heavy atom. The molecule has 2 nitrogen and oxygen atoms in total. The normalized spacial score (nSPS) is 11.3. The van der Waals surface area contributed by atoms with Gasteiger partial charge in [0.2, 0.25) is 0 Å². The maximum absolute atomic E-state index is 2.35. The van der Waals surface area contributed by atoms with E-state index in [-0.39, 0.29) is 0 Å². The second kappa shape index (κ2) is 12.5. The van der Waals surface area contributed by atoms with E-state index < -0.39 is 0 Å². The first-order valence-corrected chi connectivity index (χ1v) is 12.2. The highest BCUT2D eigenvalue weighted by molar-refractivity contribution is 5.85. The van der Waals surface area contributed by atoms with Crippen molar-refractivity contribution in [3.63, 3.8) is 0 Å². The van der Waals surface area contributed by atoms with E-state index in [0.717, 1.165) is 13.1 Å². The number of aromatic nitrogens is 2. The Kier molecular flexibility index (Phi) is 9.34. The summed E-state index contributed by atoms with van der Waals surface area (Å²) in [5.41, 5.74) is 2.60. The Morgan fingerprint density at radius 1 is 0.533 bits per heavy atom. The van der Waals surface area contributed by atoms with Crippen LogP contribution >= 0.6 is 0 Å². The van der Waals surface area contributed by atoms with Gasteiger partial charge in [-0.25, -0.2) is 9.13 Å². The maximum Gasteiger partial charge on any atom is 0.176 e. The van der Waals surface area contributed by atoms with E-state index >= 15 is 0 Å². The van der Waals surface area contributed by atoms with Crippen LogP contribution in [0.4, 0.5) is 0 Å². The second-order valence-electron chi connectivity index (χ2n) is 8.68. The summed E-state index contributed by atoms with van der Waals surface area (Å²) in [7, 11) is 0. The van der Waals surface area contributed by atoms with E-state index in [4.69, 9.17) is 0 Å². The van der Waals surface area contributed by atoms with Crippen molar-refractivity contribution < 1.29 is 9.13 Å². The lowest BCUT2D eigenvalue weighted by atomic mass is 10.0. The molecule has 2 heterocycles. The average Bonchev–Trinajstić information content (AvgIpc) is 2.79. The van der Waals surface area contributed by atoms with Gasteiger partial charge < -0.3 is 0 Å². The first-order chi connectivity index (χ1) is 14.8. The lowest BCUT2D eigenvalue weighted by Crippen LogP contribution is -2.32. The van der Waals surface area contributed by atoms with Crippen LogP contribution in [0.3, 0.4) is 0 Å². The summed E-state index contributed by atoms with van der Waals surface area (Å²) in [6.07, 6.45) is 22.3. The third-order valence-electron chi connectivity index (χ3n) is 6.10. The minimum Gasteiger partial charge on any atom is -0.205 e. The van der Waals surface area contributed by atoms with E-state index in [9.17, 15) is 0 Å². The molecule has 3 rings (SSSR count). The molecule has 2 heteroatoms. The molecule has 0 aliphatic carbocycles. The van der Waals surface area contributed by atoms with Crippen molar-refractivity contribution in [1.82, 2.24) is 0 Å². The number of pyridine rings is 2. The fourth-order valence-electron chi connectivity index (χ4n) is 4.15. The van der Waals surface area contributed by atoms with Gasteiger partial charge in [0.15, 0.2) is 24.8 Å². The molecule has 0 amide bonds. The van der Waals surface area contributed by atoms with Crippen LogP contribution in [-0.4, -0.2) is 0 Å². The number of aryl methyl sites for hydroxylation is 2. The summed E-state index contributed by atoms with van der Waals surface area (Å²) in [6, 6.07) is 13.6. The van der Waals surface area contributed by atoms with E-state index in [1.54, 1.807) is 0 Å². The Morgan fingerprint density at radius 2 is 1.13 bits per heavy atom. The Hall–Kier alpha value is -2.22. The molecule has 0 aliphatic rings. The van der Waals surface area contributed by atoms with E-state index in [1.807, 2.05) is 0 Å². The van der Waals surface area contributed by atoms with Gasteiger partial charge >= 0.3 is 0 Å². The van der Waals surface area contributed by atoms with Gasteiger partial charge in [0.05, 0.1) is 0 Å². The van der Waals surface area contributed by atoms with Gasteiger partial charge in [-0.15, -0.1) is 0 Å². The molecular formula is C28H40N2+2. The summed E-state index contributed by atoms with van der Waals surface area (Å²) in [6.45, 7) is 6.79. The predicted molar refractivity (Wildman–Crippen MR) is 127 cm³/mol. The van der Waals surface area contributed by atoms with Crippen molar-refractivity contribution in [2.45, 2.75) is 91.1 Å². The van der Waals surface area contributed by atoms with Gasteiger partial charge in [0, 0.05) is 36.4 Å². The fourth-order valence-corrected chi connectivity index (χ4v) is 4.15. The molecule has 0 atom stereocenters. The molecule has 160 valence electrons. The van der Waals surface area contributed by atoms with Gasteiger partial charge in [-0.3, -0.25) is 0 Å². The largest absolute Gasteiger partial charge is 0.205 e. The highest BCUT2D eigenvalue weighted by Gasteiger charge is 2.07. The molecular weight excluding hydrogens is 364 g/mol. The summed E-state index contributed by atoms with van der Waals surface area (Å²) >= 11 is 0. The number of nitrogens with zero attached hydrogens (tertiary/aromatic N) is 2. The van der Waals surface area contributed by atoms with Gasteiger partial charge in [-0.05, 0) is 41.5 Å². The average molecular weight is 405 g/mol. The molecule has 0 fully saturated rings. The molecule has 3 aromatic rings. The van der Waals surface area contributed by atoms with E-state index in [1.165, 1.54) is 86.1 Å². The van der Waals surface area contributed by atoms with Crippen molar-refractivity contribution >= 4 is 10.8 Å². The van der Waals surface area contributed by atoms with Crippen molar-refractivity contribution in [1.29, 1.82) is 0 Å². The number of rotatable bonds is 13. The number of fused-ring (bicyclic) bond motifs is 1. The van der Waals surface area contributed by atoms with Gasteiger partial charge in [0.1, 0.15) is 13.1 Å². The van der Waals surface area contributed by atoms with E-state index in [0.29, 0.717) is 0 Å². The fraction of sp³-hybridized carbons (Fsp3) is 0.500. The highest BCUT2D eigenvalue weighted by atomic mass is 14.9. The SMILES string of the molecule is CCCCCCC[n+]1ccc(-c2ccc3c[n+](CCCCCCC)ccc3c2)cc1. The van der Waals surface area contributed by atoms with Gasteiger partial charge in [0.25, 0.3) is 0 Å². The molecule has 2 aromatic heterocycles. The van der Waals surface area contributed by atoms with Crippen molar-refractivity contribution in [3.8, 4) is 11.1 Å². The minimum atomic E-state index is 1.12. The van der Waals surface area contributed by atoms with Crippen LogP contribution in [0.25, 0.3) is 21.9 Å². The lowest BCUT2D eigenvalue weighted by Gasteiger charge is -2.05. The van der Waals surface area contributed by atoms with Crippen LogP contribution in [0.15, 0.2) is 61.2 Å². The number of hydrogen-bond donors (Lipinski definition) is 0. The van der Waals surface area contributed by atoms with Crippen LogP contribution in [-0.2, 0) is 13.1 Å². The first-order valence-electron chi connectivity index (χ1n) is 12.2. The monoisotopic (exact) mass is 404 g/mol. The molecule has 0 radical (unpaired) electrons. The van der Waals surface area contributed by atoms with Crippen LogP contribution in [0.2, 0.25) is 0 Å². The number of unbranched alkanes of at least 4 members (excludes halogenated alkanes) is 8. The third-order valence-corrected chi connectivity index (χ3v) is 6.10. The zero-order valence-corrected chi connectivity index (χ0v) is 19.2. The van der Waals surface area contributed by atoms with Crippen LogP contribution in [0.5, 0.6) is 0 Å². The maximum atomic E-state index is 2.35. The summed E-state index contributed by atoms with van der Waals surface area (Å²) in [4.78, 5) is 0. The molecule has 0 saturated carbocycles. The Balaban J connectivity index is 1.57. The minimum absolute atomic E-state index is 1.12. The third kappa shape index (κ3) is 6.93. The van der Waals surface area contributed by atoms with E-state index in [2.05, 4.69) is 84.2 Å². The smallest absolute Gasteiger partial charge is 0.176 e. The van der Waals surface area contributed by atoms with Crippen LogP contribution in [0, 0.1) is 0 Å². The highest BCUT2D eigenvalue weighted by Crippen LogP contribution is 2.23. The molecule has 0 saturated heterocycles. The molecule has 0 aliphatic heterocycles. The van der Waals surface area contributed by atoms with Crippen molar-refractivity contribution in [3.05, 3.63) is 61.2 Å². The Labute approximate surface area is 183 Å². The quantitative estimate of drug-likeness (QED) is 0.213. The first kappa shape index (κ1) is 22.5. The summed E-state index contributed by atoms with van der Waals surface area (Å²) < 4.78 is 4.67. The summed E-state index contributed by atoms with van der Waals surface area (Å²) in [5.74, 6) is 0. The summed E-state index contributed by atoms with van der Waals surface area (Å²) in [5, 5.41) is 2.65.